The molecule has 1 amide bonds. The first-order valence-electron chi connectivity index (χ1n) is 11.3. The largest absolute Gasteiger partial charge is 0.507 e. The number of hydrogen-bond donors (Lipinski definition) is 1. The number of rotatable bonds is 4. The molecular weight excluding hydrogens is 506 g/mol. The number of methoxy groups -OCH3 is 1. The van der Waals surface area contributed by atoms with Crippen molar-refractivity contribution < 1.29 is 19.4 Å². The predicted octanol–water partition coefficient (Wildman–Crippen LogP) is 6.69. The van der Waals surface area contributed by atoms with Gasteiger partial charge >= 0.3 is 0 Å². The van der Waals surface area contributed by atoms with E-state index in [0.29, 0.717) is 22.6 Å². The number of ether oxygens (including phenoxy) is 1. The van der Waals surface area contributed by atoms with Crippen LogP contribution in [0.2, 0.25) is 0 Å². The van der Waals surface area contributed by atoms with Gasteiger partial charge in [-0.3, -0.25) is 14.5 Å². The molecule has 1 unspecified atom stereocenters. The number of nitrogens with zero attached hydrogens (tertiary/aromatic N) is 1. The number of aryl methyl sites for hydroxylation is 1. The summed E-state index contributed by atoms with van der Waals surface area (Å²) in [6.07, 6.45) is 0. The topological polar surface area (TPSA) is 66.8 Å². The van der Waals surface area contributed by atoms with Crippen molar-refractivity contribution in [2.24, 2.45) is 0 Å². The summed E-state index contributed by atoms with van der Waals surface area (Å²) < 4.78 is 6.17. The SMILES string of the molecule is COc1ccc(C2/C(=C(/O)c3ccc(Br)c(C)c3)C(=O)C(=O)N2c2ccc(C(C)(C)C)cc2)cc1. The van der Waals surface area contributed by atoms with Crippen molar-refractivity contribution in [2.75, 3.05) is 12.0 Å². The second kappa shape index (κ2) is 9.34. The van der Waals surface area contributed by atoms with Crippen LogP contribution >= 0.6 is 15.9 Å². The van der Waals surface area contributed by atoms with Crippen LogP contribution in [0.15, 0.2) is 76.8 Å². The Morgan fingerprint density at radius 2 is 1.60 bits per heavy atom. The Balaban J connectivity index is 1.91. The van der Waals surface area contributed by atoms with Crippen LogP contribution in [-0.4, -0.2) is 23.9 Å². The van der Waals surface area contributed by atoms with Crippen molar-refractivity contribution >= 4 is 39.1 Å². The van der Waals surface area contributed by atoms with Gasteiger partial charge in [-0.25, -0.2) is 0 Å². The molecule has 4 rings (SSSR count). The monoisotopic (exact) mass is 533 g/mol. The molecule has 0 spiro atoms. The van der Waals surface area contributed by atoms with Crippen molar-refractivity contribution in [3.63, 3.8) is 0 Å². The Labute approximate surface area is 214 Å². The molecule has 3 aromatic rings. The number of amides is 1. The smallest absolute Gasteiger partial charge is 0.300 e. The summed E-state index contributed by atoms with van der Waals surface area (Å²) in [6, 6.07) is 19.4. The minimum absolute atomic E-state index is 0.0540. The van der Waals surface area contributed by atoms with E-state index in [9.17, 15) is 14.7 Å². The van der Waals surface area contributed by atoms with E-state index in [2.05, 4.69) is 36.7 Å². The van der Waals surface area contributed by atoms with Crippen LogP contribution in [0, 0.1) is 6.92 Å². The summed E-state index contributed by atoms with van der Waals surface area (Å²) in [4.78, 5) is 28.2. The highest BCUT2D eigenvalue weighted by Gasteiger charge is 2.47. The summed E-state index contributed by atoms with van der Waals surface area (Å²) in [5.41, 5.74) is 3.78. The molecule has 1 aliphatic heterocycles. The van der Waals surface area contributed by atoms with Gasteiger partial charge in [-0.1, -0.05) is 67.0 Å². The fourth-order valence-corrected chi connectivity index (χ4v) is 4.52. The molecule has 5 nitrogen and oxygen atoms in total. The normalized spacial score (nSPS) is 17.7. The van der Waals surface area contributed by atoms with Crippen LogP contribution in [0.1, 0.15) is 49.1 Å². The van der Waals surface area contributed by atoms with Crippen LogP contribution in [0.4, 0.5) is 5.69 Å². The van der Waals surface area contributed by atoms with E-state index < -0.39 is 17.7 Å². The van der Waals surface area contributed by atoms with Gasteiger partial charge in [-0.05, 0) is 65.4 Å². The third-order valence-electron chi connectivity index (χ3n) is 6.32. The molecule has 0 aromatic heterocycles. The molecule has 180 valence electrons. The zero-order valence-corrected chi connectivity index (χ0v) is 22.0. The lowest BCUT2D eigenvalue weighted by atomic mass is 9.87. The molecule has 3 aromatic carbocycles. The number of Topliss-reactive ketones (excluding diaryl/α,β-unsaturated/α-hetero) is 1. The zero-order valence-electron chi connectivity index (χ0n) is 20.4. The number of aliphatic hydroxyl groups excluding tert-OH is 1. The summed E-state index contributed by atoms with van der Waals surface area (Å²) >= 11 is 3.47. The zero-order chi connectivity index (χ0) is 25.5. The molecule has 0 bridgehead atoms. The number of carbonyl (C=O) groups excluding carboxylic acids is 2. The van der Waals surface area contributed by atoms with Gasteiger partial charge in [0.1, 0.15) is 11.5 Å². The lowest BCUT2D eigenvalue weighted by Crippen LogP contribution is -2.29. The third kappa shape index (κ3) is 4.63. The van der Waals surface area contributed by atoms with Gasteiger partial charge in [0, 0.05) is 15.7 Å². The number of anilines is 1. The Morgan fingerprint density at radius 3 is 2.14 bits per heavy atom. The molecule has 1 fully saturated rings. The molecular formula is C29H28BrNO4. The summed E-state index contributed by atoms with van der Waals surface area (Å²) in [7, 11) is 1.58. The number of halogens is 1. The van der Waals surface area contributed by atoms with Crippen LogP contribution in [0.25, 0.3) is 5.76 Å². The van der Waals surface area contributed by atoms with Crippen LogP contribution in [0.3, 0.4) is 0 Å². The molecule has 0 aliphatic carbocycles. The Bertz CT molecular complexity index is 1320. The average Bonchev–Trinajstić information content (AvgIpc) is 3.10. The van der Waals surface area contributed by atoms with E-state index in [-0.39, 0.29) is 16.7 Å². The first-order valence-corrected chi connectivity index (χ1v) is 12.1. The summed E-state index contributed by atoms with van der Waals surface area (Å²) in [5, 5.41) is 11.3. The maximum absolute atomic E-state index is 13.4. The van der Waals surface area contributed by atoms with Crippen LogP contribution in [0.5, 0.6) is 5.75 Å². The van der Waals surface area contributed by atoms with Gasteiger partial charge in [0.2, 0.25) is 0 Å². The number of benzene rings is 3. The maximum atomic E-state index is 13.4. The average molecular weight is 534 g/mol. The van der Waals surface area contributed by atoms with Crippen molar-refractivity contribution in [3.05, 3.63) is 99.0 Å². The molecule has 1 saturated heterocycles. The van der Waals surface area contributed by atoms with Crippen molar-refractivity contribution in [2.45, 2.75) is 39.2 Å². The molecule has 0 radical (unpaired) electrons. The molecule has 1 N–H and O–H groups in total. The Hall–Kier alpha value is -3.38. The fourth-order valence-electron chi connectivity index (χ4n) is 4.27. The first kappa shape index (κ1) is 24.7. The minimum atomic E-state index is -0.787. The van der Waals surface area contributed by atoms with Crippen LogP contribution in [-0.2, 0) is 15.0 Å². The van der Waals surface area contributed by atoms with Gasteiger partial charge in [-0.15, -0.1) is 0 Å². The standard InChI is InChI=1S/C29H28BrNO4/c1-17-16-19(8-15-23(17)30)26(32)24-25(18-6-13-22(35-5)14-7-18)31(28(34)27(24)33)21-11-9-20(10-12-21)29(2,3)4/h6-16,25,32H,1-5H3/b26-24-. The minimum Gasteiger partial charge on any atom is -0.507 e. The molecule has 0 saturated carbocycles. The number of ketones is 1. The summed E-state index contributed by atoms with van der Waals surface area (Å²) in [5.74, 6) is -0.939. The second-order valence-corrected chi connectivity index (χ2v) is 10.6. The van der Waals surface area contributed by atoms with Gasteiger partial charge in [0.25, 0.3) is 11.7 Å². The molecule has 1 heterocycles. The van der Waals surface area contributed by atoms with Gasteiger partial charge < -0.3 is 9.84 Å². The lowest BCUT2D eigenvalue weighted by molar-refractivity contribution is -0.132. The highest BCUT2D eigenvalue weighted by Crippen LogP contribution is 2.43. The third-order valence-corrected chi connectivity index (χ3v) is 7.21. The van der Waals surface area contributed by atoms with E-state index in [1.54, 1.807) is 31.4 Å². The highest BCUT2D eigenvalue weighted by molar-refractivity contribution is 9.10. The quantitative estimate of drug-likeness (QED) is 0.230. The molecule has 35 heavy (non-hydrogen) atoms. The van der Waals surface area contributed by atoms with Crippen molar-refractivity contribution in [1.29, 1.82) is 0 Å². The highest BCUT2D eigenvalue weighted by atomic mass is 79.9. The van der Waals surface area contributed by atoms with Gasteiger partial charge in [0.05, 0.1) is 18.7 Å². The van der Waals surface area contributed by atoms with Gasteiger partial charge in [-0.2, -0.15) is 0 Å². The Morgan fingerprint density at radius 1 is 0.971 bits per heavy atom. The number of carbonyl (C=O) groups is 2. The van der Waals surface area contributed by atoms with Gasteiger partial charge in [0.15, 0.2) is 0 Å². The van der Waals surface area contributed by atoms with E-state index >= 15 is 0 Å². The summed E-state index contributed by atoms with van der Waals surface area (Å²) in [6.45, 7) is 8.25. The Kier molecular flexibility index (Phi) is 6.60. The first-order chi connectivity index (χ1) is 16.5. The molecule has 1 aliphatic rings. The van der Waals surface area contributed by atoms with Crippen LogP contribution < -0.4 is 9.64 Å². The van der Waals surface area contributed by atoms with Crippen molar-refractivity contribution in [3.8, 4) is 5.75 Å². The lowest BCUT2D eigenvalue weighted by Gasteiger charge is -2.27. The van der Waals surface area contributed by atoms with E-state index in [0.717, 1.165) is 15.6 Å². The van der Waals surface area contributed by atoms with E-state index in [1.165, 1.54) is 4.90 Å². The number of aliphatic hydroxyl groups is 1. The van der Waals surface area contributed by atoms with E-state index in [1.807, 2.05) is 49.4 Å². The molecule has 1 atom stereocenters. The number of hydrogen-bond acceptors (Lipinski definition) is 4. The fraction of sp³-hybridized carbons (Fsp3) is 0.241. The van der Waals surface area contributed by atoms with Crippen molar-refractivity contribution in [1.82, 2.24) is 0 Å². The van der Waals surface area contributed by atoms with E-state index in [4.69, 9.17) is 4.74 Å². The predicted molar refractivity (Wildman–Crippen MR) is 142 cm³/mol. The molecule has 6 heteroatoms. The maximum Gasteiger partial charge on any atom is 0.300 e. The second-order valence-electron chi connectivity index (χ2n) is 9.70.